The van der Waals surface area contributed by atoms with Crippen LogP contribution in [0.3, 0.4) is 0 Å². The van der Waals surface area contributed by atoms with Crippen LogP contribution in [0, 0.1) is 0 Å². The maximum Gasteiger partial charge on any atom is 0.421 e. The third kappa shape index (κ3) is 1.14. The van der Waals surface area contributed by atoms with Crippen molar-refractivity contribution < 1.29 is 14.3 Å². The highest BCUT2D eigenvalue weighted by Gasteiger charge is 2.25. The summed E-state index contributed by atoms with van der Waals surface area (Å²) >= 11 is 0. The molecule has 0 aromatic carbocycles. The number of carbonyl (C=O) groups is 2. The second-order valence-electron chi connectivity index (χ2n) is 1.97. The number of ether oxygens (including phenoxy) is 1. The molecule has 0 atom stereocenters. The summed E-state index contributed by atoms with van der Waals surface area (Å²) in [6.45, 7) is 3.47. The molecule has 4 heteroatoms. The van der Waals surface area contributed by atoms with E-state index in [1.54, 1.807) is 0 Å². The van der Waals surface area contributed by atoms with Gasteiger partial charge in [-0.25, -0.2) is 9.69 Å². The summed E-state index contributed by atoms with van der Waals surface area (Å²) in [6, 6.07) is 0. The highest BCUT2D eigenvalue weighted by atomic mass is 16.5. The van der Waals surface area contributed by atoms with E-state index < -0.39 is 12.0 Å². The Labute approximate surface area is 63.7 Å². The van der Waals surface area contributed by atoms with E-state index in [4.69, 9.17) is 0 Å². The fourth-order valence-electron chi connectivity index (χ4n) is 0.757. The van der Waals surface area contributed by atoms with Crippen molar-refractivity contribution in [3.05, 3.63) is 24.4 Å². The number of methoxy groups -OCH3 is 1. The van der Waals surface area contributed by atoms with Gasteiger partial charge in [0.1, 0.15) is 0 Å². The molecule has 2 amide bonds. The number of nitrogens with zero attached hydrogens (tertiary/aromatic N) is 1. The molecule has 0 fully saturated rings. The summed E-state index contributed by atoms with van der Waals surface area (Å²) in [5.74, 6) is -0.415. The van der Waals surface area contributed by atoms with E-state index in [0.29, 0.717) is 5.70 Å². The predicted octanol–water partition coefficient (Wildman–Crippen LogP) is 0.665. The van der Waals surface area contributed by atoms with Gasteiger partial charge in [-0.15, -0.1) is 0 Å². The van der Waals surface area contributed by atoms with Crippen LogP contribution in [0.4, 0.5) is 4.79 Å². The molecule has 0 unspecified atom stereocenters. The highest BCUT2D eigenvalue weighted by molar-refractivity contribution is 6.03. The average molecular weight is 153 g/mol. The van der Waals surface area contributed by atoms with Crippen LogP contribution in [0.15, 0.2) is 24.4 Å². The predicted molar refractivity (Wildman–Crippen MR) is 37.5 cm³/mol. The zero-order valence-electron chi connectivity index (χ0n) is 6.03. The third-order valence-electron chi connectivity index (χ3n) is 1.28. The Bertz CT molecular complexity index is 236. The standard InChI is InChI=1S/C7H7NO3/c1-5-3-4-6(9)8(5)7(10)11-2/h3-4H,1H2,2H3. The molecule has 0 saturated carbocycles. The second-order valence-corrected chi connectivity index (χ2v) is 1.97. The number of rotatable bonds is 0. The molecule has 1 rings (SSSR count). The first kappa shape index (κ1) is 7.53. The molecular weight excluding hydrogens is 146 g/mol. The van der Waals surface area contributed by atoms with Gasteiger partial charge in [0.2, 0.25) is 0 Å². The maximum atomic E-state index is 10.9. The minimum Gasteiger partial charge on any atom is -0.452 e. The first-order chi connectivity index (χ1) is 5.16. The van der Waals surface area contributed by atoms with Gasteiger partial charge in [-0.2, -0.15) is 0 Å². The Kier molecular flexibility index (Phi) is 1.76. The van der Waals surface area contributed by atoms with Crippen LogP contribution in [0.25, 0.3) is 0 Å². The minimum atomic E-state index is -0.704. The molecule has 0 N–H and O–H groups in total. The average Bonchev–Trinajstić information content (AvgIpc) is 2.30. The van der Waals surface area contributed by atoms with E-state index in [-0.39, 0.29) is 0 Å². The smallest absolute Gasteiger partial charge is 0.421 e. The number of hydrogen-bond acceptors (Lipinski definition) is 3. The van der Waals surface area contributed by atoms with Gasteiger partial charge in [-0.3, -0.25) is 4.79 Å². The first-order valence-corrected chi connectivity index (χ1v) is 2.96. The van der Waals surface area contributed by atoms with E-state index in [1.165, 1.54) is 19.3 Å². The summed E-state index contributed by atoms with van der Waals surface area (Å²) in [4.78, 5) is 22.5. The fourth-order valence-corrected chi connectivity index (χ4v) is 0.757. The zero-order valence-corrected chi connectivity index (χ0v) is 6.03. The van der Waals surface area contributed by atoms with Crippen LogP contribution in [-0.4, -0.2) is 24.0 Å². The van der Waals surface area contributed by atoms with Crippen molar-refractivity contribution >= 4 is 12.0 Å². The van der Waals surface area contributed by atoms with Gasteiger partial charge in [0.05, 0.1) is 7.11 Å². The SMILES string of the molecule is C=C1C=CC(=O)N1C(=O)OC. The lowest BCUT2D eigenvalue weighted by Gasteiger charge is -2.12. The summed E-state index contributed by atoms with van der Waals surface area (Å²) in [5.41, 5.74) is 0.335. The monoisotopic (exact) mass is 153 g/mol. The molecule has 0 aromatic heterocycles. The van der Waals surface area contributed by atoms with Gasteiger partial charge < -0.3 is 4.74 Å². The maximum absolute atomic E-state index is 10.9. The van der Waals surface area contributed by atoms with E-state index in [1.807, 2.05) is 0 Å². The molecular formula is C7H7NO3. The van der Waals surface area contributed by atoms with Crippen molar-refractivity contribution in [2.45, 2.75) is 0 Å². The van der Waals surface area contributed by atoms with Crippen molar-refractivity contribution in [1.29, 1.82) is 0 Å². The molecule has 0 saturated heterocycles. The Hall–Kier alpha value is -1.58. The largest absolute Gasteiger partial charge is 0.452 e. The molecule has 58 valence electrons. The molecule has 1 aliphatic rings. The minimum absolute atomic E-state index is 0.335. The summed E-state index contributed by atoms with van der Waals surface area (Å²) < 4.78 is 4.34. The molecule has 0 spiro atoms. The van der Waals surface area contributed by atoms with Crippen LogP contribution in [0.5, 0.6) is 0 Å². The van der Waals surface area contributed by atoms with Gasteiger partial charge >= 0.3 is 6.09 Å². The van der Waals surface area contributed by atoms with Crippen LogP contribution < -0.4 is 0 Å². The lowest BCUT2D eigenvalue weighted by molar-refractivity contribution is -0.121. The van der Waals surface area contributed by atoms with E-state index in [2.05, 4.69) is 11.3 Å². The molecule has 1 aliphatic heterocycles. The second kappa shape index (κ2) is 2.57. The number of imide groups is 1. The van der Waals surface area contributed by atoms with Crippen LogP contribution in [-0.2, 0) is 9.53 Å². The normalized spacial score (nSPS) is 15.9. The van der Waals surface area contributed by atoms with Gasteiger partial charge in [0, 0.05) is 11.8 Å². The Morgan fingerprint density at radius 2 is 2.27 bits per heavy atom. The van der Waals surface area contributed by atoms with Crippen molar-refractivity contribution in [3.63, 3.8) is 0 Å². The molecule has 0 aromatic rings. The van der Waals surface area contributed by atoms with Gasteiger partial charge in [0.25, 0.3) is 5.91 Å². The Morgan fingerprint density at radius 1 is 1.64 bits per heavy atom. The molecule has 0 radical (unpaired) electrons. The topological polar surface area (TPSA) is 46.6 Å². The van der Waals surface area contributed by atoms with Crippen LogP contribution >= 0.6 is 0 Å². The summed E-state index contributed by atoms with van der Waals surface area (Å²) in [6.07, 6.45) is 2.02. The van der Waals surface area contributed by atoms with Gasteiger partial charge in [0.15, 0.2) is 0 Å². The van der Waals surface area contributed by atoms with Gasteiger partial charge in [-0.1, -0.05) is 6.58 Å². The quantitative estimate of drug-likeness (QED) is 0.513. The van der Waals surface area contributed by atoms with Crippen molar-refractivity contribution in [1.82, 2.24) is 4.90 Å². The number of hydrogen-bond donors (Lipinski definition) is 0. The number of allylic oxidation sites excluding steroid dienone is 1. The summed E-state index contributed by atoms with van der Waals surface area (Å²) in [5, 5.41) is 0. The van der Waals surface area contributed by atoms with Gasteiger partial charge in [-0.05, 0) is 6.08 Å². The fraction of sp³-hybridized carbons (Fsp3) is 0.143. The molecule has 0 bridgehead atoms. The van der Waals surface area contributed by atoms with E-state index in [9.17, 15) is 9.59 Å². The van der Waals surface area contributed by atoms with E-state index >= 15 is 0 Å². The van der Waals surface area contributed by atoms with Crippen LogP contribution in [0.2, 0.25) is 0 Å². The Balaban J connectivity index is 2.82. The number of carbonyl (C=O) groups excluding carboxylic acids is 2. The molecule has 11 heavy (non-hydrogen) atoms. The lowest BCUT2D eigenvalue weighted by Crippen LogP contribution is -2.30. The third-order valence-corrected chi connectivity index (χ3v) is 1.28. The summed E-state index contributed by atoms with van der Waals surface area (Å²) in [7, 11) is 1.21. The lowest BCUT2D eigenvalue weighted by atomic mass is 10.5. The van der Waals surface area contributed by atoms with Crippen molar-refractivity contribution in [2.24, 2.45) is 0 Å². The molecule has 1 heterocycles. The van der Waals surface area contributed by atoms with Crippen molar-refractivity contribution in [3.8, 4) is 0 Å². The molecule has 0 aliphatic carbocycles. The Morgan fingerprint density at radius 3 is 2.64 bits per heavy atom. The van der Waals surface area contributed by atoms with Crippen LogP contribution in [0.1, 0.15) is 0 Å². The zero-order chi connectivity index (χ0) is 8.43. The van der Waals surface area contributed by atoms with E-state index in [0.717, 1.165) is 4.90 Å². The first-order valence-electron chi connectivity index (χ1n) is 2.96. The number of amides is 2. The van der Waals surface area contributed by atoms with Crippen molar-refractivity contribution in [2.75, 3.05) is 7.11 Å². The highest BCUT2D eigenvalue weighted by Crippen LogP contribution is 2.13. The molecule has 4 nitrogen and oxygen atoms in total.